The highest BCUT2D eigenvalue weighted by atomic mass is 19.1. The standard InChI is InChI=1S/C18H27FN2O3/c1-17(2,3)24-16(23)21-13(9-10-18(21,4)5)15(22)11-7-6-8-12(20)14(11)19/h6-8,13,15,22H,9-10,20H2,1-5H3/t13-,15?/m1/s1. The zero-order valence-electron chi connectivity index (χ0n) is 15.0. The van der Waals surface area contributed by atoms with Crippen molar-refractivity contribution in [2.24, 2.45) is 0 Å². The lowest BCUT2D eigenvalue weighted by Gasteiger charge is -2.38. The molecular formula is C18H27FN2O3. The van der Waals surface area contributed by atoms with E-state index in [1.54, 1.807) is 26.8 Å². The molecule has 2 rings (SSSR count). The first-order chi connectivity index (χ1) is 10.9. The van der Waals surface area contributed by atoms with Crippen LogP contribution in [0.25, 0.3) is 0 Å². The van der Waals surface area contributed by atoms with E-state index in [4.69, 9.17) is 10.5 Å². The Bertz CT molecular complexity index is 625. The molecule has 1 aliphatic heterocycles. The minimum atomic E-state index is -1.16. The molecule has 2 atom stereocenters. The molecule has 0 aromatic heterocycles. The molecule has 1 aliphatic rings. The number of nitrogens with two attached hydrogens (primary N) is 1. The fourth-order valence-corrected chi connectivity index (χ4v) is 3.20. The van der Waals surface area contributed by atoms with E-state index in [-0.39, 0.29) is 11.3 Å². The van der Waals surface area contributed by atoms with Gasteiger partial charge in [-0.1, -0.05) is 12.1 Å². The van der Waals surface area contributed by atoms with E-state index < -0.39 is 35.2 Å². The third-order valence-corrected chi connectivity index (χ3v) is 4.37. The number of nitrogen functional groups attached to an aromatic ring is 1. The zero-order chi connectivity index (χ0) is 18.3. The van der Waals surface area contributed by atoms with Gasteiger partial charge < -0.3 is 15.6 Å². The quantitative estimate of drug-likeness (QED) is 0.808. The monoisotopic (exact) mass is 338 g/mol. The number of hydrogen-bond acceptors (Lipinski definition) is 4. The highest BCUT2D eigenvalue weighted by molar-refractivity contribution is 5.70. The summed E-state index contributed by atoms with van der Waals surface area (Å²) in [5.74, 6) is -0.640. The fraction of sp³-hybridized carbons (Fsp3) is 0.611. The summed E-state index contributed by atoms with van der Waals surface area (Å²) in [7, 11) is 0. The lowest BCUT2D eigenvalue weighted by molar-refractivity contribution is -0.0172. The Morgan fingerprint density at radius 3 is 2.67 bits per heavy atom. The normalized spacial score (nSPS) is 21.6. The number of carbonyl (C=O) groups excluding carboxylic acids is 1. The summed E-state index contributed by atoms with van der Waals surface area (Å²) in [5.41, 5.74) is 4.55. The van der Waals surface area contributed by atoms with Crippen LogP contribution in [0, 0.1) is 5.82 Å². The molecule has 1 aromatic carbocycles. The first-order valence-electron chi connectivity index (χ1n) is 8.18. The maximum Gasteiger partial charge on any atom is 0.411 e. The van der Waals surface area contributed by atoms with Gasteiger partial charge in [0.1, 0.15) is 11.7 Å². The van der Waals surface area contributed by atoms with Crippen molar-refractivity contribution in [1.82, 2.24) is 4.90 Å². The van der Waals surface area contributed by atoms with Crippen molar-refractivity contribution in [3.05, 3.63) is 29.6 Å². The average Bonchev–Trinajstić information content (AvgIpc) is 2.75. The number of amides is 1. The van der Waals surface area contributed by atoms with E-state index in [0.29, 0.717) is 12.8 Å². The number of aliphatic hydroxyl groups excluding tert-OH is 1. The topological polar surface area (TPSA) is 75.8 Å². The number of anilines is 1. The largest absolute Gasteiger partial charge is 0.444 e. The van der Waals surface area contributed by atoms with Gasteiger partial charge in [0.05, 0.1) is 11.7 Å². The number of ether oxygens (including phenoxy) is 1. The Morgan fingerprint density at radius 2 is 2.08 bits per heavy atom. The van der Waals surface area contributed by atoms with Crippen molar-refractivity contribution in [3.8, 4) is 0 Å². The maximum atomic E-state index is 14.3. The molecule has 0 saturated carbocycles. The van der Waals surface area contributed by atoms with Crippen LogP contribution in [0.1, 0.15) is 59.1 Å². The summed E-state index contributed by atoms with van der Waals surface area (Å²) >= 11 is 0. The summed E-state index contributed by atoms with van der Waals surface area (Å²) in [6.07, 6.45) is -0.416. The van der Waals surface area contributed by atoms with Gasteiger partial charge >= 0.3 is 6.09 Å². The Balaban J connectivity index is 2.33. The number of carbonyl (C=O) groups is 1. The Kier molecular flexibility index (Phi) is 4.81. The fourth-order valence-electron chi connectivity index (χ4n) is 3.20. The second kappa shape index (κ2) is 6.24. The van der Waals surface area contributed by atoms with E-state index >= 15 is 0 Å². The van der Waals surface area contributed by atoms with Crippen LogP contribution in [0.15, 0.2) is 18.2 Å². The first kappa shape index (κ1) is 18.5. The molecule has 1 aromatic rings. The second-order valence-electron chi connectivity index (χ2n) is 7.96. The van der Waals surface area contributed by atoms with Crippen LogP contribution in [-0.2, 0) is 4.74 Å². The molecule has 1 heterocycles. The predicted molar refractivity (Wildman–Crippen MR) is 90.9 cm³/mol. The van der Waals surface area contributed by atoms with Crippen LogP contribution in [0.5, 0.6) is 0 Å². The smallest absolute Gasteiger partial charge is 0.411 e. The summed E-state index contributed by atoms with van der Waals surface area (Å²) in [6.45, 7) is 9.20. The van der Waals surface area contributed by atoms with Crippen LogP contribution in [-0.4, -0.2) is 33.3 Å². The molecule has 0 aliphatic carbocycles. The van der Waals surface area contributed by atoms with Crippen molar-refractivity contribution in [2.45, 2.75) is 70.7 Å². The van der Waals surface area contributed by atoms with E-state index in [0.717, 1.165) is 0 Å². The second-order valence-corrected chi connectivity index (χ2v) is 7.96. The van der Waals surface area contributed by atoms with Crippen LogP contribution in [0.2, 0.25) is 0 Å². The zero-order valence-corrected chi connectivity index (χ0v) is 15.0. The maximum absolute atomic E-state index is 14.3. The Morgan fingerprint density at radius 1 is 1.46 bits per heavy atom. The number of likely N-dealkylation sites (tertiary alicyclic amines) is 1. The molecule has 0 spiro atoms. The van der Waals surface area contributed by atoms with Crippen LogP contribution in [0.4, 0.5) is 14.9 Å². The Labute approximate surface area is 142 Å². The van der Waals surface area contributed by atoms with E-state index in [1.807, 2.05) is 13.8 Å². The van der Waals surface area contributed by atoms with Gasteiger partial charge in [-0.25, -0.2) is 9.18 Å². The van der Waals surface area contributed by atoms with Crippen LogP contribution in [0.3, 0.4) is 0 Å². The van der Waals surface area contributed by atoms with Gasteiger partial charge in [-0.05, 0) is 53.5 Å². The van der Waals surface area contributed by atoms with E-state index in [1.165, 1.54) is 17.0 Å². The van der Waals surface area contributed by atoms with Gasteiger partial charge in [0.2, 0.25) is 0 Å². The van der Waals surface area contributed by atoms with Crippen molar-refractivity contribution < 1.29 is 19.0 Å². The van der Waals surface area contributed by atoms with Gasteiger partial charge in [0.25, 0.3) is 0 Å². The summed E-state index contributed by atoms with van der Waals surface area (Å²) < 4.78 is 19.8. The molecule has 1 unspecified atom stereocenters. The molecule has 3 N–H and O–H groups in total. The average molecular weight is 338 g/mol. The molecule has 5 nitrogen and oxygen atoms in total. The molecule has 0 bridgehead atoms. The van der Waals surface area contributed by atoms with E-state index in [2.05, 4.69) is 0 Å². The van der Waals surface area contributed by atoms with Crippen molar-refractivity contribution in [3.63, 3.8) is 0 Å². The van der Waals surface area contributed by atoms with Gasteiger partial charge in [0, 0.05) is 11.1 Å². The molecular weight excluding hydrogens is 311 g/mol. The highest BCUT2D eigenvalue weighted by Crippen LogP contribution is 2.41. The number of benzene rings is 1. The molecule has 1 fully saturated rings. The summed E-state index contributed by atoms with van der Waals surface area (Å²) in [4.78, 5) is 14.2. The van der Waals surface area contributed by atoms with Crippen LogP contribution < -0.4 is 5.73 Å². The minimum Gasteiger partial charge on any atom is -0.444 e. The van der Waals surface area contributed by atoms with Gasteiger partial charge in [-0.3, -0.25) is 4.90 Å². The van der Waals surface area contributed by atoms with E-state index in [9.17, 15) is 14.3 Å². The first-order valence-corrected chi connectivity index (χ1v) is 8.18. The van der Waals surface area contributed by atoms with Crippen molar-refractivity contribution in [2.75, 3.05) is 5.73 Å². The minimum absolute atomic E-state index is 0.0207. The lowest BCUT2D eigenvalue weighted by Crippen LogP contribution is -2.50. The van der Waals surface area contributed by atoms with Crippen molar-refractivity contribution in [1.29, 1.82) is 0 Å². The molecule has 1 amide bonds. The lowest BCUT2D eigenvalue weighted by atomic mass is 9.99. The predicted octanol–water partition coefficient (Wildman–Crippen LogP) is 3.62. The van der Waals surface area contributed by atoms with Crippen molar-refractivity contribution >= 4 is 11.8 Å². The number of hydrogen-bond donors (Lipinski definition) is 2. The number of rotatable bonds is 2. The molecule has 1 saturated heterocycles. The summed E-state index contributed by atoms with van der Waals surface area (Å²) in [6, 6.07) is 3.96. The van der Waals surface area contributed by atoms with Gasteiger partial charge in [-0.15, -0.1) is 0 Å². The molecule has 0 radical (unpaired) electrons. The number of halogens is 1. The number of aliphatic hydroxyl groups is 1. The number of nitrogens with zero attached hydrogens (tertiary/aromatic N) is 1. The van der Waals surface area contributed by atoms with Crippen LogP contribution >= 0.6 is 0 Å². The third kappa shape index (κ3) is 3.64. The van der Waals surface area contributed by atoms with Gasteiger partial charge in [0.15, 0.2) is 5.82 Å². The highest BCUT2D eigenvalue weighted by Gasteiger charge is 2.47. The molecule has 6 heteroatoms. The molecule has 24 heavy (non-hydrogen) atoms. The van der Waals surface area contributed by atoms with Gasteiger partial charge in [-0.2, -0.15) is 0 Å². The Hall–Kier alpha value is -1.82. The molecule has 134 valence electrons. The summed E-state index contributed by atoms with van der Waals surface area (Å²) in [5, 5.41) is 10.7. The SMILES string of the molecule is CC(C)(C)OC(=O)N1[C@@H](C(O)c2cccc(N)c2F)CCC1(C)C. The third-order valence-electron chi connectivity index (χ3n) is 4.37.